The standard InChI is InChI=1S/C21H19N3O3/c1-14-10-11-17(15(2)13-14)19(25)23-24-20(26)18-9-6-12-22-21(18)27-16-7-4-3-5-8-16/h3-13H,1-2H3,(H,23,25)(H,24,26). The van der Waals surface area contributed by atoms with Gasteiger partial charge in [0.25, 0.3) is 11.8 Å². The third kappa shape index (κ3) is 4.49. The van der Waals surface area contributed by atoms with E-state index in [0.29, 0.717) is 11.3 Å². The molecule has 1 heterocycles. The minimum absolute atomic E-state index is 0.155. The van der Waals surface area contributed by atoms with Gasteiger partial charge in [-0.1, -0.05) is 35.9 Å². The fraction of sp³-hybridized carbons (Fsp3) is 0.0952. The molecular formula is C21H19N3O3. The maximum atomic E-state index is 12.5. The predicted molar refractivity (Wildman–Crippen MR) is 102 cm³/mol. The first-order valence-corrected chi connectivity index (χ1v) is 8.40. The zero-order valence-corrected chi connectivity index (χ0v) is 15.0. The van der Waals surface area contributed by atoms with Crippen LogP contribution in [0.4, 0.5) is 0 Å². The summed E-state index contributed by atoms with van der Waals surface area (Å²) in [4.78, 5) is 28.9. The molecule has 6 heteroatoms. The first kappa shape index (κ1) is 18.1. The molecule has 0 aliphatic heterocycles. The van der Waals surface area contributed by atoms with Crippen LogP contribution in [-0.4, -0.2) is 16.8 Å². The summed E-state index contributed by atoms with van der Waals surface area (Å²) in [5.41, 5.74) is 7.43. The Bertz CT molecular complexity index is 971. The van der Waals surface area contributed by atoms with E-state index in [2.05, 4.69) is 15.8 Å². The maximum absolute atomic E-state index is 12.5. The minimum Gasteiger partial charge on any atom is -0.438 e. The average Bonchev–Trinajstić information content (AvgIpc) is 2.67. The molecule has 0 aliphatic carbocycles. The molecule has 0 aliphatic rings. The molecule has 3 rings (SSSR count). The highest BCUT2D eigenvalue weighted by atomic mass is 16.5. The van der Waals surface area contributed by atoms with Crippen molar-refractivity contribution in [3.63, 3.8) is 0 Å². The number of nitrogens with zero attached hydrogens (tertiary/aromatic N) is 1. The van der Waals surface area contributed by atoms with Gasteiger partial charge in [0.05, 0.1) is 0 Å². The Balaban J connectivity index is 1.70. The van der Waals surface area contributed by atoms with Crippen molar-refractivity contribution < 1.29 is 14.3 Å². The first-order chi connectivity index (χ1) is 13.0. The van der Waals surface area contributed by atoms with E-state index in [9.17, 15) is 9.59 Å². The summed E-state index contributed by atoms with van der Waals surface area (Å²) >= 11 is 0. The molecule has 0 bridgehead atoms. The minimum atomic E-state index is -0.521. The second kappa shape index (κ2) is 8.14. The van der Waals surface area contributed by atoms with Crippen LogP contribution in [0.5, 0.6) is 11.6 Å². The van der Waals surface area contributed by atoms with Gasteiger partial charge in [-0.15, -0.1) is 0 Å². The number of hydrazine groups is 1. The van der Waals surface area contributed by atoms with Crippen molar-refractivity contribution in [3.05, 3.63) is 89.1 Å². The van der Waals surface area contributed by atoms with Gasteiger partial charge in [-0.3, -0.25) is 20.4 Å². The number of hydrogen-bond donors (Lipinski definition) is 2. The van der Waals surface area contributed by atoms with Crippen LogP contribution in [0.1, 0.15) is 31.8 Å². The summed E-state index contributed by atoms with van der Waals surface area (Å²) in [5.74, 6) is -0.200. The summed E-state index contributed by atoms with van der Waals surface area (Å²) in [6.07, 6.45) is 1.53. The number of pyridine rings is 1. The van der Waals surface area contributed by atoms with E-state index in [1.165, 1.54) is 6.20 Å². The number of amides is 2. The van der Waals surface area contributed by atoms with Crippen molar-refractivity contribution in [2.24, 2.45) is 0 Å². The monoisotopic (exact) mass is 361 g/mol. The Labute approximate surface area is 157 Å². The Kier molecular flexibility index (Phi) is 5.47. The number of carbonyl (C=O) groups excluding carboxylic acids is 2. The fourth-order valence-electron chi connectivity index (χ4n) is 2.56. The van der Waals surface area contributed by atoms with E-state index >= 15 is 0 Å². The Hall–Kier alpha value is -3.67. The molecule has 1 aromatic heterocycles. The highest BCUT2D eigenvalue weighted by Crippen LogP contribution is 2.22. The lowest BCUT2D eigenvalue weighted by Crippen LogP contribution is -2.42. The number of para-hydroxylation sites is 1. The average molecular weight is 361 g/mol. The molecule has 2 amide bonds. The van der Waals surface area contributed by atoms with Crippen LogP contribution in [0.3, 0.4) is 0 Å². The molecule has 0 fully saturated rings. The lowest BCUT2D eigenvalue weighted by molar-refractivity contribution is 0.0844. The summed E-state index contributed by atoms with van der Waals surface area (Å²) in [6.45, 7) is 3.80. The van der Waals surface area contributed by atoms with Gasteiger partial charge < -0.3 is 4.74 Å². The molecule has 0 atom stereocenters. The van der Waals surface area contributed by atoms with E-state index in [-0.39, 0.29) is 11.4 Å². The second-order valence-electron chi connectivity index (χ2n) is 6.00. The van der Waals surface area contributed by atoms with Crippen molar-refractivity contribution in [2.75, 3.05) is 0 Å². The summed E-state index contributed by atoms with van der Waals surface area (Å²) in [5, 5.41) is 0. The van der Waals surface area contributed by atoms with E-state index in [1.807, 2.05) is 44.2 Å². The molecule has 0 saturated carbocycles. The van der Waals surface area contributed by atoms with Crippen LogP contribution in [-0.2, 0) is 0 Å². The molecule has 2 N–H and O–H groups in total. The van der Waals surface area contributed by atoms with E-state index in [4.69, 9.17) is 4.74 Å². The van der Waals surface area contributed by atoms with Crippen molar-refractivity contribution in [2.45, 2.75) is 13.8 Å². The number of aromatic nitrogens is 1. The van der Waals surface area contributed by atoms with Gasteiger partial charge in [-0.05, 0) is 49.7 Å². The van der Waals surface area contributed by atoms with Crippen LogP contribution >= 0.6 is 0 Å². The van der Waals surface area contributed by atoms with Gasteiger partial charge in [0, 0.05) is 11.8 Å². The molecule has 0 spiro atoms. The van der Waals surface area contributed by atoms with Gasteiger partial charge >= 0.3 is 0 Å². The smallest absolute Gasteiger partial charge is 0.275 e. The number of benzene rings is 2. The van der Waals surface area contributed by atoms with E-state index in [1.54, 1.807) is 30.3 Å². The van der Waals surface area contributed by atoms with Gasteiger partial charge in [-0.25, -0.2) is 4.98 Å². The molecular weight excluding hydrogens is 342 g/mol. The predicted octanol–water partition coefficient (Wildman–Crippen LogP) is 3.57. The van der Waals surface area contributed by atoms with Crippen molar-refractivity contribution in [1.29, 1.82) is 0 Å². The third-order valence-electron chi connectivity index (χ3n) is 3.89. The molecule has 6 nitrogen and oxygen atoms in total. The van der Waals surface area contributed by atoms with E-state index < -0.39 is 11.8 Å². The fourth-order valence-corrected chi connectivity index (χ4v) is 2.56. The highest BCUT2D eigenvalue weighted by molar-refractivity contribution is 6.00. The number of nitrogens with one attached hydrogen (secondary N) is 2. The number of ether oxygens (including phenoxy) is 1. The normalized spacial score (nSPS) is 10.1. The highest BCUT2D eigenvalue weighted by Gasteiger charge is 2.16. The zero-order valence-electron chi connectivity index (χ0n) is 15.0. The lowest BCUT2D eigenvalue weighted by Gasteiger charge is -2.12. The quantitative estimate of drug-likeness (QED) is 0.696. The van der Waals surface area contributed by atoms with Crippen molar-refractivity contribution >= 4 is 11.8 Å². The SMILES string of the molecule is Cc1ccc(C(=O)NNC(=O)c2cccnc2Oc2ccccc2)c(C)c1. The van der Waals surface area contributed by atoms with Crippen molar-refractivity contribution in [1.82, 2.24) is 15.8 Å². The van der Waals surface area contributed by atoms with Gasteiger partial charge in [0.15, 0.2) is 0 Å². The molecule has 2 aromatic carbocycles. The maximum Gasteiger partial charge on any atom is 0.275 e. The molecule has 3 aromatic rings. The second-order valence-corrected chi connectivity index (χ2v) is 6.00. The summed E-state index contributed by atoms with van der Waals surface area (Å²) in [7, 11) is 0. The Morgan fingerprint density at radius 2 is 1.56 bits per heavy atom. The number of hydrogen-bond acceptors (Lipinski definition) is 4. The number of aryl methyl sites for hydroxylation is 2. The summed E-state index contributed by atoms with van der Waals surface area (Å²) in [6, 6.07) is 17.7. The van der Waals surface area contributed by atoms with Crippen LogP contribution in [0.2, 0.25) is 0 Å². The van der Waals surface area contributed by atoms with Crippen LogP contribution < -0.4 is 15.6 Å². The molecule has 0 radical (unpaired) electrons. The molecule has 27 heavy (non-hydrogen) atoms. The van der Waals surface area contributed by atoms with Crippen LogP contribution in [0.15, 0.2) is 66.9 Å². The Morgan fingerprint density at radius 3 is 2.26 bits per heavy atom. The van der Waals surface area contributed by atoms with Crippen LogP contribution in [0.25, 0.3) is 0 Å². The largest absolute Gasteiger partial charge is 0.438 e. The third-order valence-corrected chi connectivity index (χ3v) is 3.89. The zero-order chi connectivity index (χ0) is 19.2. The van der Waals surface area contributed by atoms with Crippen LogP contribution in [0, 0.1) is 13.8 Å². The summed E-state index contributed by atoms with van der Waals surface area (Å²) < 4.78 is 5.67. The van der Waals surface area contributed by atoms with Gasteiger partial charge in [0.2, 0.25) is 5.88 Å². The van der Waals surface area contributed by atoms with Gasteiger partial charge in [-0.2, -0.15) is 0 Å². The van der Waals surface area contributed by atoms with Crippen molar-refractivity contribution in [3.8, 4) is 11.6 Å². The van der Waals surface area contributed by atoms with E-state index in [0.717, 1.165) is 11.1 Å². The molecule has 0 saturated heterocycles. The topological polar surface area (TPSA) is 80.3 Å². The molecule has 136 valence electrons. The lowest BCUT2D eigenvalue weighted by atomic mass is 10.1. The Morgan fingerprint density at radius 1 is 0.852 bits per heavy atom. The first-order valence-electron chi connectivity index (χ1n) is 8.40. The number of rotatable bonds is 4. The number of carbonyl (C=O) groups is 2. The molecule has 0 unspecified atom stereocenters. The van der Waals surface area contributed by atoms with Gasteiger partial charge in [0.1, 0.15) is 11.3 Å².